The number of hydrogen-bond acceptors (Lipinski definition) is 3. The molecule has 1 N–H and O–H groups in total. The number of nitrogens with zero attached hydrogens (tertiary/aromatic N) is 2. The standard InChI is InChI=1S/C23H27N3O2/c1-22(2)17-23(11-15-28-22,19-6-4-3-5-7-19)10-12-25-21(27)18-8-9-20-24-13-14-26(20)16-18/h3-9,13-14,16H,10-12,15,17H2,1-2H3,(H,25,27)/t23-/m0/s1. The van der Waals surface area contributed by atoms with Crippen molar-refractivity contribution in [2.45, 2.75) is 44.1 Å². The van der Waals surface area contributed by atoms with Crippen molar-refractivity contribution in [2.24, 2.45) is 0 Å². The third-order valence-electron chi connectivity index (χ3n) is 5.76. The van der Waals surface area contributed by atoms with Crippen LogP contribution in [0.3, 0.4) is 0 Å². The normalized spacial score (nSPS) is 21.5. The van der Waals surface area contributed by atoms with Crippen LogP contribution in [0.15, 0.2) is 61.1 Å². The maximum atomic E-state index is 12.7. The van der Waals surface area contributed by atoms with Crippen LogP contribution in [-0.4, -0.2) is 34.0 Å². The van der Waals surface area contributed by atoms with E-state index in [9.17, 15) is 4.79 Å². The Morgan fingerprint density at radius 3 is 2.82 bits per heavy atom. The molecule has 146 valence electrons. The van der Waals surface area contributed by atoms with E-state index in [2.05, 4.69) is 54.5 Å². The van der Waals surface area contributed by atoms with Crippen LogP contribution in [0.2, 0.25) is 0 Å². The lowest BCUT2D eigenvalue weighted by Crippen LogP contribution is -2.45. The molecule has 0 unspecified atom stereocenters. The van der Waals surface area contributed by atoms with Crippen molar-refractivity contribution >= 4 is 11.6 Å². The Kier molecular flexibility index (Phi) is 4.94. The Balaban J connectivity index is 1.48. The number of rotatable bonds is 5. The van der Waals surface area contributed by atoms with Crippen molar-refractivity contribution in [2.75, 3.05) is 13.2 Å². The molecule has 0 radical (unpaired) electrons. The van der Waals surface area contributed by atoms with Gasteiger partial charge < -0.3 is 14.5 Å². The van der Waals surface area contributed by atoms with Crippen molar-refractivity contribution in [3.63, 3.8) is 0 Å². The molecule has 0 bridgehead atoms. The van der Waals surface area contributed by atoms with Gasteiger partial charge in [0, 0.05) is 37.2 Å². The number of nitrogens with one attached hydrogen (secondary N) is 1. The summed E-state index contributed by atoms with van der Waals surface area (Å²) >= 11 is 0. The first-order valence-electron chi connectivity index (χ1n) is 9.88. The maximum absolute atomic E-state index is 12.7. The van der Waals surface area contributed by atoms with E-state index in [0.717, 1.165) is 31.5 Å². The third-order valence-corrected chi connectivity index (χ3v) is 5.76. The zero-order chi connectivity index (χ0) is 19.6. The lowest BCUT2D eigenvalue weighted by atomic mass is 9.67. The molecule has 1 amide bonds. The van der Waals surface area contributed by atoms with Gasteiger partial charge in [0.25, 0.3) is 5.91 Å². The molecule has 1 saturated heterocycles. The summed E-state index contributed by atoms with van der Waals surface area (Å²) in [6, 6.07) is 14.3. The molecule has 0 saturated carbocycles. The lowest BCUT2D eigenvalue weighted by Gasteiger charge is -2.45. The molecule has 5 heteroatoms. The Bertz CT molecular complexity index is 964. The fourth-order valence-corrected chi connectivity index (χ4v) is 4.44. The molecule has 2 aromatic heterocycles. The monoisotopic (exact) mass is 377 g/mol. The Hall–Kier alpha value is -2.66. The quantitative estimate of drug-likeness (QED) is 0.732. The van der Waals surface area contributed by atoms with Crippen LogP contribution in [0.5, 0.6) is 0 Å². The third kappa shape index (κ3) is 3.80. The van der Waals surface area contributed by atoms with Crippen LogP contribution in [0.4, 0.5) is 0 Å². The van der Waals surface area contributed by atoms with Gasteiger partial charge in [-0.1, -0.05) is 30.3 Å². The molecular weight excluding hydrogens is 350 g/mol. The smallest absolute Gasteiger partial charge is 0.252 e. The highest BCUT2D eigenvalue weighted by molar-refractivity contribution is 5.94. The first-order valence-corrected chi connectivity index (χ1v) is 9.88. The van der Waals surface area contributed by atoms with Gasteiger partial charge in [-0.2, -0.15) is 0 Å². The molecule has 1 aromatic carbocycles. The number of pyridine rings is 1. The maximum Gasteiger partial charge on any atom is 0.252 e. The van der Waals surface area contributed by atoms with Gasteiger partial charge in [-0.05, 0) is 50.8 Å². The molecule has 3 aromatic rings. The second kappa shape index (κ2) is 7.40. The van der Waals surface area contributed by atoms with Crippen molar-refractivity contribution in [3.05, 3.63) is 72.2 Å². The number of amides is 1. The van der Waals surface area contributed by atoms with Crippen molar-refractivity contribution in [1.29, 1.82) is 0 Å². The molecular formula is C23H27N3O2. The highest BCUT2D eigenvalue weighted by Crippen LogP contribution is 2.43. The second-order valence-electron chi connectivity index (χ2n) is 8.30. The largest absolute Gasteiger partial charge is 0.376 e. The number of ether oxygens (including phenoxy) is 1. The van der Waals surface area contributed by atoms with E-state index in [1.807, 2.05) is 28.9 Å². The average Bonchev–Trinajstić information content (AvgIpc) is 3.15. The van der Waals surface area contributed by atoms with E-state index < -0.39 is 0 Å². The molecule has 1 aliphatic rings. The van der Waals surface area contributed by atoms with Gasteiger partial charge >= 0.3 is 0 Å². The molecule has 5 nitrogen and oxygen atoms in total. The summed E-state index contributed by atoms with van der Waals surface area (Å²) in [4.78, 5) is 16.9. The second-order valence-corrected chi connectivity index (χ2v) is 8.30. The van der Waals surface area contributed by atoms with Gasteiger partial charge in [-0.15, -0.1) is 0 Å². The molecule has 4 rings (SSSR count). The molecule has 0 spiro atoms. The molecule has 1 fully saturated rings. The first kappa shape index (κ1) is 18.7. The topological polar surface area (TPSA) is 55.6 Å². The zero-order valence-electron chi connectivity index (χ0n) is 16.5. The molecule has 28 heavy (non-hydrogen) atoms. The number of imidazole rings is 1. The first-order chi connectivity index (χ1) is 13.5. The van der Waals surface area contributed by atoms with E-state index in [1.54, 1.807) is 6.20 Å². The minimum atomic E-state index is -0.162. The summed E-state index contributed by atoms with van der Waals surface area (Å²) in [7, 11) is 0. The summed E-state index contributed by atoms with van der Waals surface area (Å²) in [5.41, 5.74) is 2.67. The molecule has 3 heterocycles. The summed E-state index contributed by atoms with van der Waals surface area (Å²) in [6.07, 6.45) is 8.21. The number of carbonyl (C=O) groups is 1. The van der Waals surface area contributed by atoms with Crippen molar-refractivity contribution in [1.82, 2.24) is 14.7 Å². The summed E-state index contributed by atoms with van der Waals surface area (Å²) < 4.78 is 7.84. The Labute approximate surface area is 165 Å². The summed E-state index contributed by atoms with van der Waals surface area (Å²) in [5.74, 6) is -0.0508. The van der Waals surface area contributed by atoms with Gasteiger partial charge in [-0.3, -0.25) is 4.79 Å². The summed E-state index contributed by atoms with van der Waals surface area (Å²) in [6.45, 7) is 5.68. The van der Waals surface area contributed by atoms with Crippen molar-refractivity contribution < 1.29 is 9.53 Å². The minimum Gasteiger partial charge on any atom is -0.376 e. The van der Waals surface area contributed by atoms with E-state index in [1.165, 1.54) is 5.56 Å². The molecule has 1 aliphatic heterocycles. The SMILES string of the molecule is CC1(C)C[C@@](CCNC(=O)c2ccc3nccn3c2)(c2ccccc2)CCO1. The predicted molar refractivity (Wildman–Crippen MR) is 110 cm³/mol. The van der Waals surface area contributed by atoms with E-state index >= 15 is 0 Å². The van der Waals surface area contributed by atoms with E-state index in [0.29, 0.717) is 12.1 Å². The van der Waals surface area contributed by atoms with E-state index in [-0.39, 0.29) is 16.9 Å². The predicted octanol–water partition coefficient (Wildman–Crippen LogP) is 3.98. The number of aromatic nitrogens is 2. The van der Waals surface area contributed by atoms with Crippen molar-refractivity contribution in [3.8, 4) is 0 Å². The minimum absolute atomic E-state index is 0.0184. The fraction of sp³-hybridized carbons (Fsp3) is 0.391. The van der Waals surface area contributed by atoms with Crippen LogP contribution in [0, 0.1) is 0 Å². The average molecular weight is 377 g/mol. The van der Waals surface area contributed by atoms with Crippen LogP contribution in [0.1, 0.15) is 49.0 Å². The van der Waals surface area contributed by atoms with Crippen LogP contribution in [-0.2, 0) is 10.2 Å². The van der Waals surface area contributed by atoms with Crippen LogP contribution < -0.4 is 5.32 Å². The van der Waals surface area contributed by atoms with Gasteiger partial charge in [0.2, 0.25) is 0 Å². The number of hydrogen-bond donors (Lipinski definition) is 1. The van der Waals surface area contributed by atoms with Gasteiger partial charge in [0.15, 0.2) is 0 Å². The highest BCUT2D eigenvalue weighted by Gasteiger charge is 2.41. The molecule has 1 atom stereocenters. The fourth-order valence-electron chi connectivity index (χ4n) is 4.44. The van der Waals surface area contributed by atoms with Gasteiger partial charge in [-0.25, -0.2) is 4.98 Å². The van der Waals surface area contributed by atoms with Crippen LogP contribution in [0.25, 0.3) is 5.65 Å². The highest BCUT2D eigenvalue weighted by atomic mass is 16.5. The van der Waals surface area contributed by atoms with Gasteiger partial charge in [0.1, 0.15) is 5.65 Å². The summed E-state index contributed by atoms with van der Waals surface area (Å²) in [5, 5.41) is 3.11. The van der Waals surface area contributed by atoms with Crippen LogP contribution >= 0.6 is 0 Å². The Morgan fingerprint density at radius 2 is 2.04 bits per heavy atom. The number of carbonyl (C=O) groups excluding carboxylic acids is 1. The number of benzene rings is 1. The number of fused-ring (bicyclic) bond motifs is 1. The lowest BCUT2D eigenvalue weighted by molar-refractivity contribution is -0.0838. The van der Waals surface area contributed by atoms with E-state index in [4.69, 9.17) is 4.74 Å². The Morgan fingerprint density at radius 1 is 1.21 bits per heavy atom. The van der Waals surface area contributed by atoms with Gasteiger partial charge in [0.05, 0.1) is 11.2 Å². The zero-order valence-corrected chi connectivity index (χ0v) is 16.5. The molecule has 0 aliphatic carbocycles.